The van der Waals surface area contributed by atoms with Gasteiger partial charge in [0, 0.05) is 30.1 Å². The molecule has 4 aromatic rings. The van der Waals surface area contributed by atoms with E-state index in [0.717, 1.165) is 42.3 Å². The van der Waals surface area contributed by atoms with Gasteiger partial charge in [-0.15, -0.1) is 0 Å². The molecule has 1 saturated heterocycles. The second kappa shape index (κ2) is 7.05. The fourth-order valence-electron chi connectivity index (χ4n) is 3.98. The highest BCUT2D eigenvalue weighted by atomic mass is 19.1. The molecule has 6 nitrogen and oxygen atoms in total. The lowest BCUT2D eigenvalue weighted by atomic mass is 10.0. The van der Waals surface area contributed by atoms with Gasteiger partial charge < -0.3 is 4.90 Å². The minimum atomic E-state index is -0.438. The molecule has 3 aromatic heterocycles. The third kappa shape index (κ3) is 3.04. The summed E-state index contributed by atoms with van der Waals surface area (Å²) in [6, 6.07) is 5.20. The van der Waals surface area contributed by atoms with Gasteiger partial charge in [-0.2, -0.15) is 10.2 Å². The van der Waals surface area contributed by atoms with Crippen LogP contribution in [-0.4, -0.2) is 30.9 Å². The second-order valence-electron chi connectivity index (χ2n) is 7.55. The fraction of sp³-hybridized carbons (Fsp3) is 0.227. The first-order valence-corrected chi connectivity index (χ1v) is 9.78. The Kier molecular flexibility index (Phi) is 4.34. The monoisotopic (exact) mass is 406 g/mol. The molecule has 0 bridgehead atoms. The first-order valence-electron chi connectivity index (χ1n) is 9.78. The standard InChI is InChI=1S/C22H20F2N6/c1-14(2)15-11-25-30(13-15)20-12-26-29-9-7-21(27-22(20)29)28-8-3-4-19(28)17-10-16(23)5-6-18(17)24/h5-7,9-13,19H,1,3-4,8H2,2H3/t19-/m1/s1. The van der Waals surface area contributed by atoms with Crippen molar-refractivity contribution in [1.29, 1.82) is 0 Å². The zero-order chi connectivity index (χ0) is 20.8. The average Bonchev–Trinajstić information content (AvgIpc) is 3.47. The van der Waals surface area contributed by atoms with Crippen LogP contribution in [0.25, 0.3) is 16.9 Å². The molecule has 0 aliphatic carbocycles. The van der Waals surface area contributed by atoms with Crippen LogP contribution in [0.5, 0.6) is 0 Å². The van der Waals surface area contributed by atoms with Gasteiger partial charge in [-0.3, -0.25) is 0 Å². The molecule has 4 heterocycles. The minimum Gasteiger partial charge on any atom is -0.349 e. The van der Waals surface area contributed by atoms with Crippen molar-refractivity contribution < 1.29 is 8.78 Å². The number of rotatable bonds is 4. The van der Waals surface area contributed by atoms with Crippen LogP contribution in [0, 0.1) is 11.6 Å². The van der Waals surface area contributed by atoms with Crippen LogP contribution < -0.4 is 4.90 Å². The topological polar surface area (TPSA) is 51.3 Å². The number of fused-ring (bicyclic) bond motifs is 1. The van der Waals surface area contributed by atoms with Crippen LogP contribution in [0.1, 0.15) is 36.9 Å². The number of hydrogen-bond donors (Lipinski definition) is 0. The highest BCUT2D eigenvalue weighted by Crippen LogP contribution is 2.37. The molecule has 1 aliphatic rings. The van der Waals surface area contributed by atoms with Gasteiger partial charge in [0.1, 0.15) is 23.1 Å². The molecule has 0 N–H and O–H groups in total. The average molecular weight is 406 g/mol. The maximum absolute atomic E-state index is 14.4. The van der Waals surface area contributed by atoms with Crippen molar-refractivity contribution in [2.75, 3.05) is 11.4 Å². The lowest BCUT2D eigenvalue weighted by Crippen LogP contribution is -2.24. The molecule has 1 fully saturated rings. The van der Waals surface area contributed by atoms with Crippen LogP contribution in [0.4, 0.5) is 14.6 Å². The van der Waals surface area contributed by atoms with E-state index in [1.54, 1.807) is 21.6 Å². The maximum Gasteiger partial charge on any atom is 0.183 e. The zero-order valence-electron chi connectivity index (χ0n) is 16.5. The van der Waals surface area contributed by atoms with Gasteiger partial charge in [0.05, 0.1) is 18.4 Å². The van der Waals surface area contributed by atoms with Gasteiger partial charge >= 0.3 is 0 Å². The first-order chi connectivity index (χ1) is 14.5. The predicted molar refractivity (Wildman–Crippen MR) is 110 cm³/mol. The van der Waals surface area contributed by atoms with Gasteiger partial charge in [-0.05, 0) is 49.6 Å². The molecule has 5 rings (SSSR count). The molecule has 1 atom stereocenters. The maximum atomic E-state index is 14.4. The fourth-order valence-corrected chi connectivity index (χ4v) is 3.98. The van der Waals surface area contributed by atoms with Gasteiger partial charge in [0.2, 0.25) is 0 Å². The number of anilines is 1. The third-order valence-corrected chi connectivity index (χ3v) is 5.52. The molecule has 30 heavy (non-hydrogen) atoms. The van der Waals surface area contributed by atoms with Crippen LogP contribution in [0.15, 0.2) is 55.6 Å². The molecule has 0 saturated carbocycles. The Morgan fingerprint density at radius 1 is 1.17 bits per heavy atom. The summed E-state index contributed by atoms with van der Waals surface area (Å²) in [6.45, 7) is 6.59. The van der Waals surface area contributed by atoms with Crippen molar-refractivity contribution in [2.24, 2.45) is 0 Å². The van der Waals surface area contributed by atoms with E-state index in [9.17, 15) is 8.78 Å². The molecular formula is C22H20F2N6. The SMILES string of the molecule is C=C(C)c1cnn(-c2cnn3ccc(N4CCC[C@@H]4c4cc(F)ccc4F)nc23)c1. The Hall–Kier alpha value is -3.55. The van der Waals surface area contributed by atoms with E-state index in [2.05, 4.69) is 16.8 Å². The number of halogens is 2. The number of nitrogens with zero attached hydrogens (tertiary/aromatic N) is 6. The van der Waals surface area contributed by atoms with Gasteiger partial charge in [0.15, 0.2) is 5.65 Å². The van der Waals surface area contributed by atoms with E-state index in [4.69, 9.17) is 4.98 Å². The Labute approximate surface area is 172 Å². The van der Waals surface area contributed by atoms with Crippen LogP contribution >= 0.6 is 0 Å². The molecule has 1 aromatic carbocycles. The molecule has 1 aliphatic heterocycles. The summed E-state index contributed by atoms with van der Waals surface area (Å²) in [7, 11) is 0. The van der Waals surface area contributed by atoms with Crippen LogP contribution in [0.2, 0.25) is 0 Å². The third-order valence-electron chi connectivity index (χ3n) is 5.52. The number of aromatic nitrogens is 5. The van der Waals surface area contributed by atoms with Gasteiger partial charge in [0.25, 0.3) is 0 Å². The Balaban J connectivity index is 1.56. The van der Waals surface area contributed by atoms with Gasteiger partial charge in [-0.1, -0.05) is 6.58 Å². The number of benzene rings is 1. The molecule has 0 unspecified atom stereocenters. The van der Waals surface area contributed by atoms with Crippen molar-refractivity contribution in [3.63, 3.8) is 0 Å². The smallest absolute Gasteiger partial charge is 0.183 e. The van der Waals surface area contributed by atoms with Gasteiger partial charge in [-0.25, -0.2) is 23.0 Å². The van der Waals surface area contributed by atoms with E-state index in [0.29, 0.717) is 17.0 Å². The minimum absolute atomic E-state index is 0.262. The Morgan fingerprint density at radius 3 is 2.83 bits per heavy atom. The molecule has 152 valence electrons. The summed E-state index contributed by atoms with van der Waals surface area (Å²) in [6.07, 6.45) is 8.77. The van der Waals surface area contributed by atoms with Crippen LogP contribution in [-0.2, 0) is 0 Å². The molecular weight excluding hydrogens is 386 g/mol. The largest absolute Gasteiger partial charge is 0.349 e. The van der Waals surface area contributed by atoms with Crippen molar-refractivity contribution in [1.82, 2.24) is 24.4 Å². The summed E-state index contributed by atoms with van der Waals surface area (Å²) in [4.78, 5) is 6.83. The quantitative estimate of drug-likeness (QED) is 0.498. The zero-order valence-corrected chi connectivity index (χ0v) is 16.5. The number of hydrogen-bond acceptors (Lipinski definition) is 4. The van der Waals surface area contributed by atoms with E-state index >= 15 is 0 Å². The van der Waals surface area contributed by atoms with Crippen molar-refractivity contribution in [3.05, 3.63) is 78.4 Å². The van der Waals surface area contributed by atoms with E-state index in [1.165, 1.54) is 12.1 Å². The summed E-state index contributed by atoms with van der Waals surface area (Å²) >= 11 is 0. The van der Waals surface area contributed by atoms with E-state index < -0.39 is 11.6 Å². The predicted octanol–water partition coefficient (Wildman–Crippen LogP) is 4.57. The Morgan fingerprint density at radius 2 is 2.03 bits per heavy atom. The second-order valence-corrected chi connectivity index (χ2v) is 7.55. The molecule has 0 radical (unpaired) electrons. The summed E-state index contributed by atoms with van der Waals surface area (Å²) in [5.74, 6) is -0.141. The summed E-state index contributed by atoms with van der Waals surface area (Å²) in [5, 5.41) is 8.76. The van der Waals surface area contributed by atoms with Crippen molar-refractivity contribution in [2.45, 2.75) is 25.8 Å². The van der Waals surface area contributed by atoms with E-state index in [-0.39, 0.29) is 6.04 Å². The molecule has 0 spiro atoms. The van der Waals surface area contributed by atoms with Crippen molar-refractivity contribution in [3.8, 4) is 5.69 Å². The van der Waals surface area contributed by atoms with E-state index in [1.807, 2.05) is 30.3 Å². The summed E-state index contributed by atoms with van der Waals surface area (Å²) < 4.78 is 31.6. The normalized spacial score (nSPS) is 16.5. The molecule has 0 amide bonds. The Bertz CT molecular complexity index is 1260. The van der Waals surface area contributed by atoms with Crippen LogP contribution in [0.3, 0.4) is 0 Å². The first kappa shape index (κ1) is 18.5. The molecule has 8 heteroatoms. The number of allylic oxidation sites excluding steroid dienone is 1. The highest BCUT2D eigenvalue weighted by molar-refractivity contribution is 5.64. The lowest BCUT2D eigenvalue weighted by molar-refractivity contribution is 0.560. The lowest BCUT2D eigenvalue weighted by Gasteiger charge is -2.26. The van der Waals surface area contributed by atoms with Crippen molar-refractivity contribution >= 4 is 17.0 Å². The highest BCUT2D eigenvalue weighted by Gasteiger charge is 2.30. The summed E-state index contributed by atoms with van der Waals surface area (Å²) in [5.41, 5.74) is 3.59.